The molecule has 4 nitrogen and oxygen atoms in total. The van der Waals surface area contributed by atoms with Crippen LogP contribution in [0.3, 0.4) is 0 Å². The molecule has 4 aliphatic rings. The Labute approximate surface area is 176 Å². The minimum Gasteiger partial charge on any atom is -0.469 e. The minimum absolute atomic E-state index is 0.109. The molecular weight excluding hydrogens is 364 g/mol. The van der Waals surface area contributed by atoms with Crippen LogP contribution in [-0.4, -0.2) is 35.5 Å². The monoisotopic (exact) mass is 406 g/mol. The van der Waals surface area contributed by atoms with Gasteiger partial charge in [0.05, 0.1) is 19.3 Å². The molecular formula is C25H42O4. The molecule has 10 unspecified atom stereocenters. The van der Waals surface area contributed by atoms with Crippen LogP contribution in [0.2, 0.25) is 0 Å². The number of aliphatic hydroxyl groups is 2. The summed E-state index contributed by atoms with van der Waals surface area (Å²) in [5.41, 5.74) is 0.409. The Morgan fingerprint density at radius 1 is 0.966 bits per heavy atom. The number of fused-ring (bicyclic) bond motifs is 5. The molecule has 0 spiro atoms. The number of ether oxygens (including phenoxy) is 1. The number of rotatable bonds is 4. The number of carbonyl (C=O) groups excluding carboxylic acids is 1. The number of methoxy groups -OCH3 is 1. The van der Waals surface area contributed by atoms with Crippen molar-refractivity contribution in [1.82, 2.24) is 0 Å². The van der Waals surface area contributed by atoms with E-state index in [0.29, 0.717) is 30.1 Å². The van der Waals surface area contributed by atoms with Crippen LogP contribution >= 0.6 is 0 Å². The smallest absolute Gasteiger partial charge is 0.305 e. The quantitative estimate of drug-likeness (QED) is 0.671. The molecule has 29 heavy (non-hydrogen) atoms. The normalized spacial score (nSPS) is 50.2. The third-order valence-corrected chi connectivity index (χ3v) is 10.5. The highest BCUT2D eigenvalue weighted by Gasteiger charge is 2.64. The highest BCUT2D eigenvalue weighted by Crippen LogP contribution is 2.68. The van der Waals surface area contributed by atoms with Crippen molar-refractivity contribution < 1.29 is 19.7 Å². The van der Waals surface area contributed by atoms with Crippen LogP contribution in [0.25, 0.3) is 0 Å². The van der Waals surface area contributed by atoms with E-state index in [0.717, 1.165) is 19.3 Å². The van der Waals surface area contributed by atoms with E-state index >= 15 is 0 Å². The Morgan fingerprint density at radius 2 is 1.69 bits per heavy atom. The summed E-state index contributed by atoms with van der Waals surface area (Å²) >= 11 is 0. The second kappa shape index (κ2) is 7.82. The van der Waals surface area contributed by atoms with Gasteiger partial charge in [0.25, 0.3) is 0 Å². The predicted molar refractivity (Wildman–Crippen MR) is 113 cm³/mol. The van der Waals surface area contributed by atoms with Gasteiger partial charge >= 0.3 is 5.97 Å². The van der Waals surface area contributed by atoms with Gasteiger partial charge in [-0.1, -0.05) is 33.6 Å². The van der Waals surface area contributed by atoms with Crippen molar-refractivity contribution in [2.24, 2.45) is 46.3 Å². The van der Waals surface area contributed by atoms with Crippen LogP contribution in [0.5, 0.6) is 0 Å². The van der Waals surface area contributed by atoms with E-state index in [1.54, 1.807) is 0 Å². The molecule has 4 fully saturated rings. The molecule has 0 saturated heterocycles. The number of aliphatic hydroxyl groups excluding tert-OH is 2. The van der Waals surface area contributed by atoms with E-state index in [2.05, 4.69) is 20.8 Å². The third kappa shape index (κ3) is 3.28. The summed E-state index contributed by atoms with van der Waals surface area (Å²) < 4.78 is 4.85. The molecule has 4 aliphatic carbocycles. The highest BCUT2D eigenvalue weighted by molar-refractivity contribution is 5.69. The summed E-state index contributed by atoms with van der Waals surface area (Å²) in [5.74, 6) is 2.53. The Morgan fingerprint density at radius 3 is 2.41 bits per heavy atom. The Bertz CT molecular complexity index is 620. The molecule has 2 N–H and O–H groups in total. The van der Waals surface area contributed by atoms with Gasteiger partial charge in [-0.15, -0.1) is 0 Å². The molecule has 166 valence electrons. The molecule has 0 aromatic heterocycles. The van der Waals surface area contributed by atoms with Crippen molar-refractivity contribution in [3.8, 4) is 0 Å². The second-order valence-electron chi connectivity index (χ2n) is 11.5. The molecule has 4 saturated carbocycles. The maximum absolute atomic E-state index is 11.6. The molecule has 0 amide bonds. The largest absolute Gasteiger partial charge is 0.469 e. The molecule has 10 atom stereocenters. The lowest BCUT2D eigenvalue weighted by Gasteiger charge is -2.63. The van der Waals surface area contributed by atoms with Crippen LogP contribution in [0.15, 0.2) is 0 Å². The van der Waals surface area contributed by atoms with Gasteiger partial charge in [-0.3, -0.25) is 4.79 Å². The molecule has 4 heteroatoms. The molecule has 4 rings (SSSR count). The van der Waals surface area contributed by atoms with Gasteiger partial charge in [0.15, 0.2) is 0 Å². The van der Waals surface area contributed by atoms with Gasteiger partial charge < -0.3 is 14.9 Å². The average molecular weight is 407 g/mol. The van der Waals surface area contributed by atoms with Crippen molar-refractivity contribution in [2.75, 3.05) is 7.11 Å². The topological polar surface area (TPSA) is 66.8 Å². The molecule has 0 heterocycles. The average Bonchev–Trinajstić information content (AvgIpc) is 3.06. The maximum Gasteiger partial charge on any atom is 0.305 e. The van der Waals surface area contributed by atoms with Crippen LogP contribution in [-0.2, 0) is 9.53 Å². The maximum atomic E-state index is 11.6. The fourth-order valence-electron chi connectivity index (χ4n) is 8.94. The fraction of sp³-hybridized carbons (Fsp3) is 0.960. The first kappa shape index (κ1) is 21.6. The zero-order valence-corrected chi connectivity index (χ0v) is 18.9. The summed E-state index contributed by atoms with van der Waals surface area (Å²) in [7, 11) is 1.47. The number of carbonyl (C=O) groups is 1. The van der Waals surface area contributed by atoms with Gasteiger partial charge in [-0.2, -0.15) is 0 Å². The number of hydrogen-bond acceptors (Lipinski definition) is 4. The van der Waals surface area contributed by atoms with Crippen molar-refractivity contribution >= 4 is 5.97 Å². The Kier molecular flexibility index (Phi) is 5.83. The van der Waals surface area contributed by atoms with Crippen LogP contribution in [0, 0.1) is 46.3 Å². The molecule has 0 aromatic carbocycles. The lowest BCUT2D eigenvalue weighted by molar-refractivity contribution is -0.215. The van der Waals surface area contributed by atoms with Crippen molar-refractivity contribution in [3.05, 3.63) is 0 Å². The predicted octanol–water partition coefficient (Wildman–Crippen LogP) is 4.57. The number of hydrogen-bond donors (Lipinski definition) is 2. The fourth-order valence-corrected chi connectivity index (χ4v) is 8.94. The van der Waals surface area contributed by atoms with E-state index in [-0.39, 0.29) is 28.6 Å². The Hall–Kier alpha value is -0.610. The van der Waals surface area contributed by atoms with E-state index < -0.39 is 12.2 Å². The third-order valence-electron chi connectivity index (χ3n) is 10.5. The zero-order chi connectivity index (χ0) is 21.0. The van der Waals surface area contributed by atoms with Gasteiger partial charge in [0.1, 0.15) is 0 Å². The number of esters is 1. The highest BCUT2D eigenvalue weighted by atomic mass is 16.5. The van der Waals surface area contributed by atoms with Crippen LogP contribution < -0.4 is 0 Å². The van der Waals surface area contributed by atoms with Crippen LogP contribution in [0.4, 0.5) is 0 Å². The standard InChI is InChI=1S/C25H42O4/c1-15(8-11-20(26)29-4)16-9-10-17-21-18(12-14-25(16,17)3)24(2)13-6-5-7-19(24)22(27)23(21)28/h15-19,21-23,27-28H,5-14H2,1-4H3. The van der Waals surface area contributed by atoms with Crippen molar-refractivity contribution in [3.63, 3.8) is 0 Å². The molecule has 0 aliphatic heterocycles. The zero-order valence-electron chi connectivity index (χ0n) is 18.9. The summed E-state index contributed by atoms with van der Waals surface area (Å²) in [6, 6.07) is 0. The molecule has 0 aromatic rings. The van der Waals surface area contributed by atoms with E-state index in [4.69, 9.17) is 4.74 Å². The summed E-state index contributed by atoms with van der Waals surface area (Å²) in [6.45, 7) is 7.18. The first-order valence-electron chi connectivity index (χ1n) is 12.2. The second-order valence-corrected chi connectivity index (χ2v) is 11.5. The van der Waals surface area contributed by atoms with Gasteiger partial charge in [0.2, 0.25) is 0 Å². The van der Waals surface area contributed by atoms with E-state index in [1.807, 2.05) is 0 Å². The summed E-state index contributed by atoms with van der Waals surface area (Å²) in [5, 5.41) is 22.4. The van der Waals surface area contributed by atoms with Crippen LogP contribution in [0.1, 0.15) is 85.0 Å². The summed E-state index contributed by atoms with van der Waals surface area (Å²) in [4.78, 5) is 11.6. The lowest BCUT2D eigenvalue weighted by atomic mass is 9.43. The van der Waals surface area contributed by atoms with Crippen molar-refractivity contribution in [2.45, 2.75) is 97.2 Å². The first-order chi connectivity index (χ1) is 13.7. The first-order valence-corrected chi connectivity index (χ1v) is 12.2. The molecule has 0 bridgehead atoms. The van der Waals surface area contributed by atoms with Gasteiger partial charge in [-0.05, 0) is 91.3 Å². The lowest BCUT2D eigenvalue weighted by Crippen LogP contribution is -2.63. The summed E-state index contributed by atoms with van der Waals surface area (Å²) in [6.07, 6.45) is 9.80. The van der Waals surface area contributed by atoms with E-state index in [1.165, 1.54) is 45.6 Å². The Balaban J connectivity index is 1.56. The minimum atomic E-state index is -0.565. The van der Waals surface area contributed by atoms with Gasteiger partial charge in [-0.25, -0.2) is 0 Å². The van der Waals surface area contributed by atoms with Gasteiger partial charge in [0, 0.05) is 6.42 Å². The van der Waals surface area contributed by atoms with Crippen molar-refractivity contribution in [1.29, 1.82) is 0 Å². The molecule has 0 radical (unpaired) electrons. The SMILES string of the molecule is COC(=O)CCC(C)C1CCC2C3C(O)C(O)C4CCCCC4(C)C3CCC12C. The van der Waals surface area contributed by atoms with E-state index in [9.17, 15) is 15.0 Å².